The zero-order valence-electron chi connectivity index (χ0n) is 13.7. The van der Waals surface area contributed by atoms with Crippen LogP contribution in [0.15, 0.2) is 60.7 Å². The van der Waals surface area contributed by atoms with Crippen LogP contribution in [-0.2, 0) is 11.3 Å². The maximum absolute atomic E-state index is 10.1. The van der Waals surface area contributed by atoms with Gasteiger partial charge in [-0.25, -0.2) is 0 Å². The highest BCUT2D eigenvalue weighted by Crippen LogP contribution is 2.37. The first-order chi connectivity index (χ1) is 11.1. The van der Waals surface area contributed by atoms with Crippen LogP contribution >= 0.6 is 0 Å². The molecule has 2 aromatic rings. The molecule has 0 saturated carbocycles. The third-order valence-electron chi connectivity index (χ3n) is 4.49. The van der Waals surface area contributed by atoms with Crippen LogP contribution in [0.2, 0.25) is 0 Å². The molecule has 122 valence electrons. The van der Waals surface area contributed by atoms with Gasteiger partial charge in [0.2, 0.25) is 0 Å². The molecule has 3 atom stereocenters. The van der Waals surface area contributed by atoms with E-state index < -0.39 is 0 Å². The topological polar surface area (TPSA) is 35.9 Å². The van der Waals surface area contributed by atoms with Crippen LogP contribution in [-0.4, -0.2) is 42.2 Å². The standard InChI is InChI=1S/C19H24N2O2/c1-20-14-17(13-15-9-5-3-6-10-15)18(19(23-20)21(2)22)16-11-7-4-8-12-16/h3-12,17-19,22H,13-14H2,1-2H3. The quantitative estimate of drug-likeness (QED) is 0.880. The molecule has 4 nitrogen and oxygen atoms in total. The maximum atomic E-state index is 10.1. The molecule has 0 radical (unpaired) electrons. The van der Waals surface area contributed by atoms with Crippen molar-refractivity contribution >= 4 is 0 Å². The Hall–Kier alpha value is -1.72. The Morgan fingerprint density at radius 2 is 1.70 bits per heavy atom. The number of rotatable bonds is 4. The van der Waals surface area contributed by atoms with Gasteiger partial charge in [-0.2, -0.15) is 10.1 Å². The lowest BCUT2D eigenvalue weighted by Gasteiger charge is -2.44. The van der Waals surface area contributed by atoms with Crippen molar-refractivity contribution in [2.24, 2.45) is 5.92 Å². The first-order valence-electron chi connectivity index (χ1n) is 8.03. The van der Waals surface area contributed by atoms with Crippen LogP contribution in [0, 0.1) is 5.92 Å². The summed E-state index contributed by atoms with van der Waals surface area (Å²) < 4.78 is 0. The summed E-state index contributed by atoms with van der Waals surface area (Å²) in [5, 5.41) is 13.1. The molecule has 3 rings (SSSR count). The minimum absolute atomic E-state index is 0.114. The van der Waals surface area contributed by atoms with E-state index in [9.17, 15) is 5.21 Å². The van der Waals surface area contributed by atoms with Gasteiger partial charge in [0.25, 0.3) is 0 Å². The van der Waals surface area contributed by atoms with Crippen LogP contribution in [0.5, 0.6) is 0 Å². The second kappa shape index (κ2) is 7.23. The van der Waals surface area contributed by atoms with Crippen LogP contribution in [0.4, 0.5) is 0 Å². The van der Waals surface area contributed by atoms with Gasteiger partial charge in [0.05, 0.1) is 0 Å². The zero-order chi connectivity index (χ0) is 16.2. The summed E-state index contributed by atoms with van der Waals surface area (Å²) in [6, 6.07) is 20.9. The fraction of sp³-hybridized carbons (Fsp3) is 0.368. The molecule has 1 aliphatic rings. The average Bonchev–Trinajstić information content (AvgIpc) is 2.56. The molecule has 0 bridgehead atoms. The van der Waals surface area contributed by atoms with Gasteiger partial charge < -0.3 is 5.21 Å². The van der Waals surface area contributed by atoms with Gasteiger partial charge in [0.1, 0.15) is 0 Å². The van der Waals surface area contributed by atoms with Gasteiger partial charge in [0, 0.05) is 26.6 Å². The summed E-state index contributed by atoms with van der Waals surface area (Å²) in [5.41, 5.74) is 2.51. The molecule has 3 unspecified atom stereocenters. The molecule has 1 saturated heterocycles. The molecule has 0 aliphatic carbocycles. The third-order valence-corrected chi connectivity index (χ3v) is 4.49. The van der Waals surface area contributed by atoms with E-state index in [0.29, 0.717) is 5.92 Å². The van der Waals surface area contributed by atoms with Crippen LogP contribution < -0.4 is 0 Å². The predicted molar refractivity (Wildman–Crippen MR) is 89.9 cm³/mol. The molecule has 1 heterocycles. The first kappa shape index (κ1) is 16.1. The highest BCUT2D eigenvalue weighted by molar-refractivity contribution is 5.24. The average molecular weight is 312 g/mol. The van der Waals surface area contributed by atoms with Crippen molar-refractivity contribution in [1.82, 2.24) is 10.1 Å². The van der Waals surface area contributed by atoms with Crippen molar-refractivity contribution in [3.05, 3.63) is 71.8 Å². The minimum Gasteiger partial charge on any atom is -0.312 e. The Morgan fingerprint density at radius 3 is 2.30 bits per heavy atom. The summed E-state index contributed by atoms with van der Waals surface area (Å²) in [7, 11) is 3.58. The Bertz CT molecular complexity index is 603. The number of likely N-dealkylation sites (N-methyl/N-ethyl adjacent to an activating group) is 1. The van der Waals surface area contributed by atoms with Crippen molar-refractivity contribution < 1.29 is 10.0 Å². The maximum Gasteiger partial charge on any atom is 0.160 e. The molecule has 0 amide bonds. The second-order valence-corrected chi connectivity index (χ2v) is 6.27. The fourth-order valence-corrected chi connectivity index (χ4v) is 3.49. The van der Waals surface area contributed by atoms with E-state index in [0.717, 1.165) is 13.0 Å². The van der Waals surface area contributed by atoms with E-state index in [1.54, 1.807) is 7.05 Å². The lowest BCUT2D eigenvalue weighted by molar-refractivity contribution is -0.322. The molecule has 4 heteroatoms. The number of hydrogen-bond acceptors (Lipinski definition) is 4. The minimum atomic E-state index is -0.384. The molecule has 2 aromatic carbocycles. The van der Waals surface area contributed by atoms with Gasteiger partial charge in [0.15, 0.2) is 6.23 Å². The van der Waals surface area contributed by atoms with E-state index in [4.69, 9.17) is 4.84 Å². The van der Waals surface area contributed by atoms with E-state index in [-0.39, 0.29) is 12.1 Å². The van der Waals surface area contributed by atoms with Crippen molar-refractivity contribution in [3.63, 3.8) is 0 Å². The molecule has 0 spiro atoms. The van der Waals surface area contributed by atoms with Crippen molar-refractivity contribution in [3.8, 4) is 0 Å². The van der Waals surface area contributed by atoms with E-state index in [2.05, 4.69) is 36.4 Å². The van der Waals surface area contributed by atoms with E-state index in [1.807, 2.05) is 36.4 Å². The molecular formula is C19H24N2O2. The molecule has 1 fully saturated rings. The van der Waals surface area contributed by atoms with Gasteiger partial charge >= 0.3 is 0 Å². The SMILES string of the molecule is CN1CC(Cc2ccccc2)C(c2ccccc2)C(N(C)O)O1. The largest absolute Gasteiger partial charge is 0.312 e. The normalized spacial score (nSPS) is 25.7. The first-order valence-corrected chi connectivity index (χ1v) is 8.03. The molecule has 23 heavy (non-hydrogen) atoms. The number of hydrogen-bond donors (Lipinski definition) is 1. The van der Waals surface area contributed by atoms with Gasteiger partial charge in [-0.15, -0.1) is 0 Å². The number of hydroxylamine groups is 4. The van der Waals surface area contributed by atoms with Gasteiger partial charge in [-0.3, -0.25) is 4.84 Å². The lowest BCUT2D eigenvalue weighted by atomic mass is 9.80. The molecular weight excluding hydrogens is 288 g/mol. The molecule has 1 aliphatic heterocycles. The highest BCUT2D eigenvalue weighted by Gasteiger charge is 2.39. The number of nitrogens with zero attached hydrogens (tertiary/aromatic N) is 2. The van der Waals surface area contributed by atoms with Crippen LogP contribution in [0.25, 0.3) is 0 Å². The van der Waals surface area contributed by atoms with Crippen LogP contribution in [0.3, 0.4) is 0 Å². The highest BCUT2D eigenvalue weighted by atomic mass is 16.7. The lowest BCUT2D eigenvalue weighted by Crippen LogP contribution is -2.51. The zero-order valence-corrected chi connectivity index (χ0v) is 13.7. The Kier molecular flexibility index (Phi) is 5.08. The number of benzene rings is 2. The van der Waals surface area contributed by atoms with Crippen LogP contribution in [0.1, 0.15) is 17.0 Å². The third kappa shape index (κ3) is 3.79. The van der Waals surface area contributed by atoms with Gasteiger partial charge in [-0.1, -0.05) is 60.7 Å². The predicted octanol–water partition coefficient (Wildman–Crippen LogP) is 3.15. The summed E-state index contributed by atoms with van der Waals surface area (Å²) in [5.74, 6) is 0.473. The fourth-order valence-electron chi connectivity index (χ4n) is 3.49. The van der Waals surface area contributed by atoms with Crippen molar-refractivity contribution in [1.29, 1.82) is 0 Å². The summed E-state index contributed by atoms with van der Waals surface area (Å²) in [6.45, 7) is 0.832. The van der Waals surface area contributed by atoms with E-state index in [1.165, 1.54) is 16.2 Å². The van der Waals surface area contributed by atoms with Gasteiger partial charge in [-0.05, 0) is 23.5 Å². The summed E-state index contributed by atoms with van der Waals surface area (Å²) >= 11 is 0. The Labute approximate surface area is 137 Å². The smallest absolute Gasteiger partial charge is 0.160 e. The Morgan fingerprint density at radius 1 is 1.09 bits per heavy atom. The van der Waals surface area contributed by atoms with Crippen molar-refractivity contribution in [2.75, 3.05) is 20.6 Å². The molecule has 1 N–H and O–H groups in total. The second-order valence-electron chi connectivity index (χ2n) is 6.27. The summed E-state index contributed by atoms with van der Waals surface area (Å²) in [6.07, 6.45) is 0.572. The Balaban J connectivity index is 1.92. The summed E-state index contributed by atoms with van der Waals surface area (Å²) in [4.78, 5) is 5.89. The molecule has 0 aromatic heterocycles. The van der Waals surface area contributed by atoms with Crippen molar-refractivity contribution in [2.45, 2.75) is 18.6 Å². The monoisotopic (exact) mass is 312 g/mol. The van der Waals surface area contributed by atoms with E-state index >= 15 is 0 Å².